The monoisotopic (exact) mass is 383 g/mol. The predicted molar refractivity (Wildman–Crippen MR) is 101 cm³/mol. The van der Waals surface area contributed by atoms with Crippen LogP contribution in [-0.2, 0) is 4.79 Å². The Morgan fingerprint density at radius 1 is 1.21 bits per heavy atom. The standard InChI is InChI=1S/C20H21N3O5/c1-11-7-13(8-12(2)17(11)26-10-16(24)25)18-22-15-9-21-20(23-19(15)28-18)27-14-5-3-4-6-14/h7-9,14H,3-6,10H2,1-2H3,(H,24,25). The minimum absolute atomic E-state index is 0.170. The summed E-state index contributed by atoms with van der Waals surface area (Å²) in [5, 5.41) is 8.81. The molecule has 1 aliphatic rings. The lowest BCUT2D eigenvalue weighted by Gasteiger charge is -2.11. The molecule has 0 aliphatic heterocycles. The maximum Gasteiger partial charge on any atom is 0.341 e. The Kier molecular flexibility index (Phi) is 4.85. The number of aromatic nitrogens is 3. The molecule has 0 unspecified atom stereocenters. The molecule has 8 nitrogen and oxygen atoms in total. The van der Waals surface area contributed by atoms with Gasteiger partial charge in [0.1, 0.15) is 17.4 Å². The molecular weight excluding hydrogens is 362 g/mol. The molecule has 3 aromatic rings. The lowest BCUT2D eigenvalue weighted by Crippen LogP contribution is -2.12. The van der Waals surface area contributed by atoms with Crippen molar-refractivity contribution in [2.24, 2.45) is 0 Å². The van der Waals surface area contributed by atoms with Crippen LogP contribution in [0.2, 0.25) is 0 Å². The largest absolute Gasteiger partial charge is 0.481 e. The van der Waals surface area contributed by atoms with Crippen LogP contribution in [0.1, 0.15) is 36.8 Å². The maximum absolute atomic E-state index is 10.7. The van der Waals surface area contributed by atoms with Gasteiger partial charge in [0.25, 0.3) is 5.71 Å². The Morgan fingerprint density at radius 2 is 1.93 bits per heavy atom. The van der Waals surface area contributed by atoms with Crippen LogP contribution in [0.5, 0.6) is 11.8 Å². The van der Waals surface area contributed by atoms with E-state index in [0.717, 1.165) is 29.5 Å². The minimum atomic E-state index is -1.02. The highest BCUT2D eigenvalue weighted by atomic mass is 16.5. The van der Waals surface area contributed by atoms with Gasteiger partial charge in [-0.2, -0.15) is 4.98 Å². The van der Waals surface area contributed by atoms with Gasteiger partial charge < -0.3 is 19.0 Å². The lowest BCUT2D eigenvalue weighted by molar-refractivity contribution is -0.139. The molecule has 0 atom stereocenters. The smallest absolute Gasteiger partial charge is 0.341 e. The predicted octanol–water partition coefficient (Wildman–Crippen LogP) is 3.69. The summed E-state index contributed by atoms with van der Waals surface area (Å²) < 4.78 is 17.0. The highest BCUT2D eigenvalue weighted by Crippen LogP contribution is 2.31. The number of benzene rings is 1. The fourth-order valence-corrected chi connectivity index (χ4v) is 3.49. The lowest BCUT2D eigenvalue weighted by atomic mass is 10.1. The molecule has 2 heterocycles. The Balaban J connectivity index is 1.60. The number of oxazole rings is 1. The first-order chi connectivity index (χ1) is 13.5. The quantitative estimate of drug-likeness (QED) is 0.687. The number of fused-ring (bicyclic) bond motifs is 1. The van der Waals surface area contributed by atoms with Crippen molar-refractivity contribution in [2.45, 2.75) is 45.6 Å². The van der Waals surface area contributed by atoms with E-state index in [0.29, 0.717) is 28.9 Å². The van der Waals surface area contributed by atoms with Crippen molar-refractivity contribution >= 4 is 17.2 Å². The molecule has 1 aromatic carbocycles. The number of nitrogens with zero attached hydrogens (tertiary/aromatic N) is 3. The van der Waals surface area contributed by atoms with Crippen molar-refractivity contribution in [2.75, 3.05) is 6.61 Å². The molecule has 0 spiro atoms. The fourth-order valence-electron chi connectivity index (χ4n) is 3.49. The van der Waals surface area contributed by atoms with Gasteiger partial charge in [0, 0.05) is 5.56 Å². The number of hydrogen-bond acceptors (Lipinski definition) is 7. The third kappa shape index (κ3) is 3.76. The van der Waals surface area contributed by atoms with E-state index in [2.05, 4.69) is 15.0 Å². The molecular formula is C20H21N3O5. The van der Waals surface area contributed by atoms with E-state index in [1.54, 1.807) is 6.20 Å². The minimum Gasteiger partial charge on any atom is -0.481 e. The Hall–Kier alpha value is -3.16. The van der Waals surface area contributed by atoms with Crippen LogP contribution in [0.3, 0.4) is 0 Å². The van der Waals surface area contributed by atoms with Gasteiger partial charge in [-0.25, -0.2) is 14.8 Å². The van der Waals surface area contributed by atoms with Crippen LogP contribution in [-0.4, -0.2) is 38.7 Å². The summed E-state index contributed by atoms with van der Waals surface area (Å²) in [6.45, 7) is 3.32. The molecule has 0 radical (unpaired) electrons. The normalized spacial score (nSPS) is 14.5. The van der Waals surface area contributed by atoms with Crippen molar-refractivity contribution in [3.8, 4) is 23.2 Å². The highest BCUT2D eigenvalue weighted by Gasteiger charge is 2.19. The molecule has 2 aromatic heterocycles. The van der Waals surface area contributed by atoms with Gasteiger partial charge in [0.15, 0.2) is 6.61 Å². The first-order valence-corrected chi connectivity index (χ1v) is 9.26. The number of aryl methyl sites for hydroxylation is 2. The average Bonchev–Trinajstić information content (AvgIpc) is 3.29. The number of carboxylic acid groups (broad SMARTS) is 1. The van der Waals surface area contributed by atoms with Crippen molar-refractivity contribution < 1.29 is 23.8 Å². The zero-order valence-electron chi connectivity index (χ0n) is 15.8. The molecule has 1 saturated carbocycles. The number of aliphatic carboxylic acids is 1. The topological polar surface area (TPSA) is 108 Å². The molecule has 28 heavy (non-hydrogen) atoms. The molecule has 1 N–H and O–H groups in total. The Bertz CT molecular complexity index is 1000. The second-order valence-electron chi connectivity index (χ2n) is 7.01. The number of hydrogen-bond donors (Lipinski definition) is 1. The van der Waals surface area contributed by atoms with Gasteiger partial charge in [-0.1, -0.05) is 0 Å². The second kappa shape index (κ2) is 7.46. The summed E-state index contributed by atoms with van der Waals surface area (Å²) in [6.07, 6.45) is 6.16. The number of rotatable bonds is 6. The average molecular weight is 383 g/mol. The summed E-state index contributed by atoms with van der Waals surface area (Å²) in [7, 11) is 0. The molecule has 0 amide bonds. The summed E-state index contributed by atoms with van der Waals surface area (Å²) >= 11 is 0. The van der Waals surface area contributed by atoms with Crippen LogP contribution in [0.15, 0.2) is 22.7 Å². The van der Waals surface area contributed by atoms with E-state index in [4.69, 9.17) is 19.0 Å². The zero-order chi connectivity index (χ0) is 19.7. The maximum atomic E-state index is 10.7. The number of carboxylic acids is 1. The van der Waals surface area contributed by atoms with Crippen molar-refractivity contribution in [1.82, 2.24) is 15.0 Å². The summed E-state index contributed by atoms with van der Waals surface area (Å²) in [5.74, 6) is -0.0522. The van der Waals surface area contributed by atoms with Gasteiger partial charge in [-0.3, -0.25) is 0 Å². The van der Waals surface area contributed by atoms with Crippen LogP contribution in [0.25, 0.3) is 22.7 Å². The van der Waals surface area contributed by atoms with Crippen LogP contribution < -0.4 is 9.47 Å². The van der Waals surface area contributed by atoms with Gasteiger partial charge in [-0.05, 0) is 62.8 Å². The molecule has 0 bridgehead atoms. The first kappa shape index (κ1) is 18.2. The third-order valence-corrected chi connectivity index (χ3v) is 4.75. The Labute approximate surface area is 161 Å². The van der Waals surface area contributed by atoms with Gasteiger partial charge >= 0.3 is 12.0 Å². The van der Waals surface area contributed by atoms with Crippen LogP contribution in [0.4, 0.5) is 0 Å². The van der Waals surface area contributed by atoms with Crippen molar-refractivity contribution in [3.05, 3.63) is 29.5 Å². The molecule has 146 valence electrons. The number of carbonyl (C=O) groups is 1. The number of ether oxygens (including phenoxy) is 2. The summed E-state index contributed by atoms with van der Waals surface area (Å²) in [4.78, 5) is 23.8. The molecule has 0 saturated heterocycles. The fraction of sp³-hybridized carbons (Fsp3) is 0.400. The van der Waals surface area contributed by atoms with Crippen LogP contribution >= 0.6 is 0 Å². The van der Waals surface area contributed by atoms with E-state index < -0.39 is 5.97 Å². The molecule has 4 rings (SSSR count). The molecule has 1 fully saturated rings. The Morgan fingerprint density at radius 3 is 2.61 bits per heavy atom. The van der Waals surface area contributed by atoms with E-state index >= 15 is 0 Å². The summed E-state index contributed by atoms with van der Waals surface area (Å²) in [6, 6.07) is 4.00. The zero-order valence-corrected chi connectivity index (χ0v) is 15.8. The van der Waals surface area contributed by atoms with Crippen molar-refractivity contribution in [3.63, 3.8) is 0 Å². The van der Waals surface area contributed by atoms with E-state index in [1.807, 2.05) is 26.0 Å². The van der Waals surface area contributed by atoms with Gasteiger partial charge in [-0.15, -0.1) is 0 Å². The second-order valence-corrected chi connectivity index (χ2v) is 7.01. The van der Waals surface area contributed by atoms with E-state index in [9.17, 15) is 4.79 Å². The van der Waals surface area contributed by atoms with E-state index in [1.165, 1.54) is 12.8 Å². The van der Waals surface area contributed by atoms with Gasteiger partial charge in [0.2, 0.25) is 5.89 Å². The molecule has 1 aliphatic carbocycles. The third-order valence-electron chi connectivity index (χ3n) is 4.75. The van der Waals surface area contributed by atoms with Crippen LogP contribution in [0, 0.1) is 13.8 Å². The highest BCUT2D eigenvalue weighted by molar-refractivity contribution is 5.73. The SMILES string of the molecule is Cc1cc(-c2nc3cnc(OC4CCCC4)nc3o2)cc(C)c1OCC(=O)O. The van der Waals surface area contributed by atoms with E-state index in [-0.39, 0.29) is 12.7 Å². The first-order valence-electron chi connectivity index (χ1n) is 9.26. The van der Waals surface area contributed by atoms with Gasteiger partial charge in [0.05, 0.1) is 6.20 Å². The van der Waals surface area contributed by atoms with Crippen molar-refractivity contribution in [1.29, 1.82) is 0 Å². The molecule has 8 heteroatoms. The summed E-state index contributed by atoms with van der Waals surface area (Å²) in [5.41, 5.74) is 3.29.